The van der Waals surface area contributed by atoms with E-state index in [1.54, 1.807) is 12.3 Å². The Kier molecular flexibility index (Phi) is 6.03. The van der Waals surface area contributed by atoms with Gasteiger partial charge in [0.25, 0.3) is 0 Å². The summed E-state index contributed by atoms with van der Waals surface area (Å²) < 4.78 is 0. The van der Waals surface area contributed by atoms with Crippen LogP contribution in [0, 0.1) is 17.8 Å². The van der Waals surface area contributed by atoms with Gasteiger partial charge in [-0.25, -0.2) is 0 Å². The van der Waals surface area contributed by atoms with E-state index >= 15 is 0 Å². The molecule has 0 radical (unpaired) electrons. The molecule has 3 aromatic rings. The van der Waals surface area contributed by atoms with E-state index in [2.05, 4.69) is 25.8 Å². The van der Waals surface area contributed by atoms with Gasteiger partial charge >= 0.3 is 0 Å². The van der Waals surface area contributed by atoms with E-state index in [1.807, 2.05) is 60.7 Å². The summed E-state index contributed by atoms with van der Waals surface area (Å²) in [5.74, 6) is 1.34. The van der Waals surface area contributed by atoms with Crippen molar-refractivity contribution in [3.05, 3.63) is 77.4 Å². The van der Waals surface area contributed by atoms with E-state index in [4.69, 9.17) is 0 Å². The van der Waals surface area contributed by atoms with Crippen LogP contribution in [0.3, 0.4) is 0 Å². The number of carbonyl (C=O) groups is 1. The van der Waals surface area contributed by atoms with Gasteiger partial charge in [0, 0.05) is 17.7 Å². The summed E-state index contributed by atoms with van der Waals surface area (Å²) in [6, 6.07) is 19.4. The minimum Gasteiger partial charge on any atom is -0.507 e. The molecular weight excluding hydrogens is 382 g/mol. The monoisotopic (exact) mass is 411 g/mol. The second kappa shape index (κ2) is 8.89. The lowest BCUT2D eigenvalue weighted by Crippen LogP contribution is -2.30. The van der Waals surface area contributed by atoms with E-state index in [-0.39, 0.29) is 11.7 Å². The Morgan fingerprint density at radius 1 is 1.00 bits per heavy atom. The third kappa shape index (κ3) is 4.46. The maximum atomic E-state index is 12.9. The first kappa shape index (κ1) is 21.0. The van der Waals surface area contributed by atoms with Gasteiger partial charge in [-0.1, -0.05) is 63.2 Å². The van der Waals surface area contributed by atoms with Crippen molar-refractivity contribution in [1.29, 1.82) is 0 Å². The van der Waals surface area contributed by atoms with Crippen molar-refractivity contribution in [2.45, 2.75) is 33.6 Å². The van der Waals surface area contributed by atoms with Gasteiger partial charge in [0.05, 0.1) is 5.69 Å². The minimum absolute atomic E-state index is 0.139. The van der Waals surface area contributed by atoms with E-state index in [0.29, 0.717) is 23.2 Å². The van der Waals surface area contributed by atoms with Crippen molar-refractivity contribution in [1.82, 2.24) is 0 Å². The van der Waals surface area contributed by atoms with Crippen molar-refractivity contribution in [2.24, 2.45) is 22.7 Å². The van der Waals surface area contributed by atoms with Gasteiger partial charge in [0.1, 0.15) is 5.75 Å². The number of hydrogen-bond donors (Lipinski definition) is 1. The molecule has 3 heteroatoms. The fraction of sp³-hybridized carbons (Fsp3) is 0.286. The van der Waals surface area contributed by atoms with Crippen LogP contribution in [-0.2, 0) is 4.79 Å². The quantitative estimate of drug-likeness (QED) is 0.373. The first-order valence-corrected chi connectivity index (χ1v) is 11.0. The van der Waals surface area contributed by atoms with Gasteiger partial charge in [-0.3, -0.25) is 9.79 Å². The zero-order valence-electron chi connectivity index (χ0n) is 18.4. The number of phenols is 1. The molecule has 2 unspecified atom stereocenters. The molecule has 0 amide bonds. The molecule has 31 heavy (non-hydrogen) atoms. The highest BCUT2D eigenvalue weighted by molar-refractivity contribution is 6.03. The van der Waals surface area contributed by atoms with Crippen molar-refractivity contribution in [2.75, 3.05) is 0 Å². The van der Waals surface area contributed by atoms with Crippen molar-refractivity contribution >= 4 is 34.5 Å². The summed E-state index contributed by atoms with van der Waals surface area (Å²) in [6.45, 7) is 6.42. The Bertz CT molecular complexity index is 1160. The fourth-order valence-electron chi connectivity index (χ4n) is 4.42. The van der Waals surface area contributed by atoms with E-state index in [9.17, 15) is 9.90 Å². The van der Waals surface area contributed by atoms with Crippen molar-refractivity contribution in [3.8, 4) is 5.75 Å². The summed E-state index contributed by atoms with van der Waals surface area (Å²) in [6.07, 6.45) is 5.82. The molecule has 0 heterocycles. The lowest BCUT2D eigenvalue weighted by molar-refractivity contribution is -0.122. The predicted molar refractivity (Wildman–Crippen MR) is 129 cm³/mol. The highest BCUT2D eigenvalue weighted by atomic mass is 16.3. The molecule has 0 aromatic heterocycles. The number of nitrogens with zero attached hydrogens (tertiary/aromatic N) is 1. The maximum Gasteiger partial charge on any atom is 0.162 e. The van der Waals surface area contributed by atoms with Gasteiger partial charge in [0.15, 0.2) is 5.78 Å². The summed E-state index contributed by atoms with van der Waals surface area (Å²) in [7, 11) is 0. The van der Waals surface area contributed by atoms with Crippen molar-refractivity contribution in [3.63, 3.8) is 0 Å². The second-order valence-electron chi connectivity index (χ2n) is 8.86. The van der Waals surface area contributed by atoms with E-state index in [0.717, 1.165) is 40.4 Å². The Morgan fingerprint density at radius 3 is 2.48 bits per heavy atom. The number of fused-ring (bicyclic) bond motifs is 1. The lowest BCUT2D eigenvalue weighted by Gasteiger charge is -2.30. The van der Waals surface area contributed by atoms with Crippen LogP contribution in [-0.4, -0.2) is 17.1 Å². The number of rotatable bonds is 4. The fourth-order valence-corrected chi connectivity index (χ4v) is 4.42. The number of benzene rings is 3. The molecule has 1 saturated carbocycles. The van der Waals surface area contributed by atoms with Crippen LogP contribution < -0.4 is 0 Å². The number of allylic oxidation sites excluding steroid dienone is 1. The van der Waals surface area contributed by atoms with Crippen LogP contribution in [0.5, 0.6) is 5.75 Å². The summed E-state index contributed by atoms with van der Waals surface area (Å²) in [5, 5.41) is 12.3. The number of aromatic hydroxyl groups is 1. The van der Waals surface area contributed by atoms with Gasteiger partial charge in [-0.15, -0.1) is 0 Å². The summed E-state index contributed by atoms with van der Waals surface area (Å²) in [5.41, 5.74) is 3.48. The third-order valence-corrected chi connectivity index (χ3v) is 6.37. The lowest BCUT2D eigenvalue weighted by atomic mass is 9.73. The van der Waals surface area contributed by atoms with Gasteiger partial charge in [-0.2, -0.15) is 0 Å². The standard InChI is InChI=1S/C28H29NO2/c1-18(2)23-14-8-19(3)25(28(23)31)16-20-9-12-22(13-10-20)29-17-26-24-7-5-4-6-21(24)11-15-27(26)30/h4-7,9-13,15-19,23,30H,8,14H2,1-3H3. The normalized spacial score (nSPS) is 20.9. The predicted octanol–water partition coefficient (Wildman–Crippen LogP) is 6.95. The molecule has 3 aromatic carbocycles. The molecule has 0 bridgehead atoms. The molecular formula is C28H29NO2. The largest absolute Gasteiger partial charge is 0.507 e. The zero-order chi connectivity index (χ0) is 22.0. The molecule has 158 valence electrons. The molecule has 2 atom stereocenters. The molecule has 1 fully saturated rings. The molecule has 0 aliphatic heterocycles. The molecule has 1 aliphatic carbocycles. The first-order valence-electron chi connectivity index (χ1n) is 11.0. The van der Waals surface area contributed by atoms with Gasteiger partial charge < -0.3 is 5.11 Å². The molecule has 4 rings (SSSR count). The van der Waals surface area contributed by atoms with Crippen LogP contribution in [0.15, 0.2) is 71.2 Å². The molecule has 1 N–H and O–H groups in total. The number of phenolic OH excluding ortho intramolecular Hbond substituents is 1. The van der Waals surface area contributed by atoms with E-state index in [1.165, 1.54) is 0 Å². The van der Waals surface area contributed by atoms with Crippen LogP contribution in [0.2, 0.25) is 0 Å². The van der Waals surface area contributed by atoms with Crippen molar-refractivity contribution < 1.29 is 9.90 Å². The Balaban J connectivity index is 1.57. The Hall–Kier alpha value is -3.20. The van der Waals surface area contributed by atoms with E-state index < -0.39 is 0 Å². The number of aliphatic imine (C=N–C) groups is 1. The highest BCUT2D eigenvalue weighted by Crippen LogP contribution is 2.35. The molecule has 0 spiro atoms. The second-order valence-corrected chi connectivity index (χ2v) is 8.86. The molecule has 3 nitrogen and oxygen atoms in total. The molecule has 0 saturated heterocycles. The van der Waals surface area contributed by atoms with Crippen LogP contribution >= 0.6 is 0 Å². The zero-order valence-corrected chi connectivity index (χ0v) is 18.4. The number of hydrogen-bond acceptors (Lipinski definition) is 3. The first-order chi connectivity index (χ1) is 14.9. The third-order valence-electron chi connectivity index (χ3n) is 6.37. The van der Waals surface area contributed by atoms with Gasteiger partial charge in [0.2, 0.25) is 0 Å². The smallest absolute Gasteiger partial charge is 0.162 e. The maximum absolute atomic E-state index is 12.9. The summed E-state index contributed by atoms with van der Waals surface area (Å²) in [4.78, 5) is 17.5. The summed E-state index contributed by atoms with van der Waals surface area (Å²) >= 11 is 0. The van der Waals surface area contributed by atoms with Gasteiger partial charge in [-0.05, 0) is 70.9 Å². The minimum atomic E-state index is 0.139. The SMILES string of the molecule is CC1CCC(C(C)C)C(=O)C1=Cc1ccc(N=Cc2c(O)ccc3ccccc23)cc1. The topological polar surface area (TPSA) is 49.7 Å². The number of ketones is 1. The average molecular weight is 412 g/mol. The Morgan fingerprint density at radius 2 is 1.74 bits per heavy atom. The Labute approximate surface area is 184 Å². The van der Waals surface area contributed by atoms with Crippen LogP contribution in [0.4, 0.5) is 5.69 Å². The average Bonchev–Trinajstić information content (AvgIpc) is 2.76. The molecule has 1 aliphatic rings. The number of Topliss-reactive ketones (excluding diaryl/α,β-unsaturated/α-hetero) is 1. The van der Waals surface area contributed by atoms with Crippen LogP contribution in [0.25, 0.3) is 16.8 Å². The highest BCUT2D eigenvalue weighted by Gasteiger charge is 2.32. The number of carbonyl (C=O) groups excluding carboxylic acids is 1. The van der Waals surface area contributed by atoms with Crippen LogP contribution in [0.1, 0.15) is 44.7 Å².